The highest BCUT2D eigenvalue weighted by molar-refractivity contribution is 7.92. The van der Waals surface area contributed by atoms with Crippen LogP contribution in [0.15, 0.2) is 47.6 Å². The average molecular weight is 298 g/mol. The van der Waals surface area contributed by atoms with Crippen molar-refractivity contribution in [3.05, 3.63) is 54.2 Å². The molecule has 0 bridgehead atoms. The topological polar surface area (TPSA) is 50.3 Å². The van der Waals surface area contributed by atoms with E-state index in [-0.39, 0.29) is 12.2 Å². The minimum absolute atomic E-state index is 0.0424. The van der Waals surface area contributed by atoms with Gasteiger partial charge in [-0.15, -0.1) is 0 Å². The van der Waals surface area contributed by atoms with Gasteiger partial charge in [0.2, 0.25) is 5.03 Å². The van der Waals surface area contributed by atoms with Crippen molar-refractivity contribution in [3.63, 3.8) is 0 Å². The van der Waals surface area contributed by atoms with Gasteiger partial charge in [0, 0.05) is 12.7 Å². The molecule has 20 heavy (non-hydrogen) atoms. The summed E-state index contributed by atoms with van der Waals surface area (Å²) in [6.07, 6.45) is 1.17. The van der Waals surface area contributed by atoms with Gasteiger partial charge in [-0.25, -0.2) is 13.8 Å². The normalized spacial score (nSPS) is 11.3. The molecule has 1 aromatic heterocycles. The van der Waals surface area contributed by atoms with Crippen LogP contribution in [0.2, 0.25) is 0 Å². The molecule has 106 valence electrons. The highest BCUT2D eigenvalue weighted by Crippen LogP contribution is 2.25. The van der Waals surface area contributed by atoms with Crippen molar-refractivity contribution in [2.24, 2.45) is 0 Å². The molecule has 0 fully saturated rings. The average Bonchev–Trinajstić information content (AvgIpc) is 2.42. The van der Waals surface area contributed by atoms with Gasteiger partial charge in [0.05, 0.1) is 5.69 Å². The van der Waals surface area contributed by atoms with Crippen LogP contribution in [-0.4, -0.2) is 19.9 Å². The second-order valence-electron chi connectivity index (χ2n) is 3.91. The summed E-state index contributed by atoms with van der Waals surface area (Å²) in [4.78, 5) is 3.55. The van der Waals surface area contributed by atoms with Crippen LogP contribution in [-0.2, 0) is 10.0 Å². The molecule has 0 spiro atoms. The Labute approximate surface area is 115 Å². The largest absolute Gasteiger partial charge is 0.284 e. The first-order valence-electron chi connectivity index (χ1n) is 5.86. The molecule has 7 heteroatoms. The van der Waals surface area contributed by atoms with E-state index in [2.05, 4.69) is 4.98 Å². The molecular formula is C13H12F2N2O2S. The monoisotopic (exact) mass is 298 g/mol. The lowest BCUT2D eigenvalue weighted by molar-refractivity contribution is 0.549. The molecule has 0 amide bonds. The van der Waals surface area contributed by atoms with Gasteiger partial charge in [0.25, 0.3) is 10.0 Å². The molecule has 0 radical (unpaired) electrons. The van der Waals surface area contributed by atoms with Crippen molar-refractivity contribution in [2.45, 2.75) is 11.9 Å². The Balaban J connectivity index is 2.58. The highest BCUT2D eigenvalue weighted by Gasteiger charge is 2.29. The standard InChI is InChI=1S/C13H12F2N2O2S/c1-2-17(12-8-4-3-6-10(12)14)20(18,19)13-11(15)7-5-9-16-13/h3-9H,2H2,1H3. The van der Waals surface area contributed by atoms with Crippen LogP contribution < -0.4 is 4.31 Å². The maximum atomic E-state index is 13.8. The summed E-state index contributed by atoms with van der Waals surface area (Å²) in [6, 6.07) is 7.69. The summed E-state index contributed by atoms with van der Waals surface area (Å²) in [5.74, 6) is -1.67. The molecule has 0 N–H and O–H groups in total. The van der Waals surface area contributed by atoms with Gasteiger partial charge in [0.15, 0.2) is 5.82 Å². The van der Waals surface area contributed by atoms with Crippen LogP contribution in [0.5, 0.6) is 0 Å². The van der Waals surface area contributed by atoms with Crippen LogP contribution in [0, 0.1) is 11.6 Å². The van der Waals surface area contributed by atoms with E-state index < -0.39 is 26.7 Å². The predicted octanol–water partition coefficient (Wildman–Crippen LogP) is 2.58. The summed E-state index contributed by atoms with van der Waals surface area (Å²) in [5.41, 5.74) is -0.139. The Morgan fingerprint density at radius 2 is 1.75 bits per heavy atom. The Morgan fingerprint density at radius 3 is 2.35 bits per heavy atom. The highest BCUT2D eigenvalue weighted by atomic mass is 32.2. The van der Waals surface area contributed by atoms with Crippen molar-refractivity contribution in [3.8, 4) is 0 Å². The number of aromatic nitrogens is 1. The quantitative estimate of drug-likeness (QED) is 0.871. The minimum atomic E-state index is -4.25. The van der Waals surface area contributed by atoms with E-state index in [9.17, 15) is 17.2 Å². The zero-order valence-electron chi connectivity index (χ0n) is 10.6. The Bertz CT molecular complexity index is 720. The molecule has 0 aliphatic rings. The van der Waals surface area contributed by atoms with Crippen molar-refractivity contribution in [2.75, 3.05) is 10.8 Å². The fourth-order valence-corrected chi connectivity index (χ4v) is 3.25. The van der Waals surface area contributed by atoms with Gasteiger partial charge in [0.1, 0.15) is 5.82 Å². The molecular weight excluding hydrogens is 286 g/mol. The van der Waals surface area contributed by atoms with Gasteiger partial charge in [-0.05, 0) is 31.2 Å². The lowest BCUT2D eigenvalue weighted by Crippen LogP contribution is -2.32. The van der Waals surface area contributed by atoms with E-state index in [0.29, 0.717) is 0 Å². The molecule has 2 aromatic rings. The van der Waals surface area contributed by atoms with Crippen LogP contribution in [0.4, 0.5) is 14.5 Å². The summed E-state index contributed by atoms with van der Waals surface area (Å²) in [6.45, 7) is 1.49. The summed E-state index contributed by atoms with van der Waals surface area (Å²) in [5, 5.41) is -0.717. The molecule has 0 aliphatic carbocycles. The molecule has 2 rings (SSSR count). The number of nitrogens with zero attached hydrogens (tertiary/aromatic N) is 2. The number of halogens is 2. The number of anilines is 1. The number of hydrogen-bond donors (Lipinski definition) is 0. The lowest BCUT2D eigenvalue weighted by atomic mass is 10.3. The van der Waals surface area contributed by atoms with E-state index in [1.807, 2.05) is 0 Å². The SMILES string of the molecule is CCN(c1ccccc1F)S(=O)(=O)c1ncccc1F. The fraction of sp³-hybridized carbons (Fsp3) is 0.154. The molecule has 1 heterocycles. The number of hydrogen-bond acceptors (Lipinski definition) is 3. The van der Waals surface area contributed by atoms with Gasteiger partial charge in [-0.1, -0.05) is 12.1 Å². The third-order valence-electron chi connectivity index (χ3n) is 2.67. The molecule has 0 saturated carbocycles. The summed E-state index contributed by atoms with van der Waals surface area (Å²) < 4.78 is 53.0. The maximum absolute atomic E-state index is 13.8. The summed E-state index contributed by atoms with van der Waals surface area (Å²) in [7, 11) is -4.25. The van der Waals surface area contributed by atoms with E-state index in [0.717, 1.165) is 16.4 Å². The Kier molecular flexibility index (Phi) is 3.99. The van der Waals surface area contributed by atoms with Gasteiger partial charge < -0.3 is 0 Å². The molecule has 4 nitrogen and oxygen atoms in total. The van der Waals surface area contributed by atoms with Crippen LogP contribution in [0.3, 0.4) is 0 Å². The van der Waals surface area contributed by atoms with Crippen LogP contribution >= 0.6 is 0 Å². The molecule has 1 aromatic carbocycles. The first-order chi connectivity index (χ1) is 9.48. The van der Waals surface area contributed by atoms with E-state index in [4.69, 9.17) is 0 Å². The Morgan fingerprint density at radius 1 is 1.10 bits per heavy atom. The molecule has 0 atom stereocenters. The van der Waals surface area contributed by atoms with Crippen molar-refractivity contribution in [1.82, 2.24) is 4.98 Å². The maximum Gasteiger partial charge on any atom is 0.284 e. The zero-order valence-corrected chi connectivity index (χ0v) is 11.4. The van der Waals surface area contributed by atoms with Gasteiger partial charge in [-0.2, -0.15) is 8.42 Å². The Hall–Kier alpha value is -2.02. The fourth-order valence-electron chi connectivity index (χ4n) is 1.79. The first-order valence-corrected chi connectivity index (χ1v) is 7.30. The zero-order chi connectivity index (χ0) is 14.8. The van der Waals surface area contributed by atoms with Crippen LogP contribution in [0.25, 0.3) is 0 Å². The number of pyridine rings is 1. The van der Waals surface area contributed by atoms with E-state index >= 15 is 0 Å². The molecule has 0 unspecified atom stereocenters. The van der Waals surface area contributed by atoms with Crippen molar-refractivity contribution >= 4 is 15.7 Å². The number of sulfonamides is 1. The van der Waals surface area contributed by atoms with E-state index in [1.54, 1.807) is 0 Å². The van der Waals surface area contributed by atoms with Crippen molar-refractivity contribution in [1.29, 1.82) is 0 Å². The second kappa shape index (κ2) is 5.54. The number of rotatable bonds is 4. The first kappa shape index (κ1) is 14.4. The third kappa shape index (κ3) is 2.49. The number of benzene rings is 1. The predicted molar refractivity (Wildman–Crippen MR) is 70.8 cm³/mol. The third-order valence-corrected chi connectivity index (χ3v) is 4.49. The lowest BCUT2D eigenvalue weighted by Gasteiger charge is -2.22. The minimum Gasteiger partial charge on any atom is -0.262 e. The second-order valence-corrected chi connectivity index (χ2v) is 5.69. The molecule has 0 saturated heterocycles. The smallest absolute Gasteiger partial charge is 0.262 e. The van der Waals surface area contributed by atoms with Crippen molar-refractivity contribution < 1.29 is 17.2 Å². The van der Waals surface area contributed by atoms with Gasteiger partial charge >= 0.3 is 0 Å². The molecule has 0 aliphatic heterocycles. The number of para-hydroxylation sites is 1. The van der Waals surface area contributed by atoms with Crippen LogP contribution in [0.1, 0.15) is 6.92 Å². The summed E-state index contributed by atoms with van der Waals surface area (Å²) >= 11 is 0. The van der Waals surface area contributed by atoms with E-state index in [1.165, 1.54) is 37.4 Å². The van der Waals surface area contributed by atoms with Gasteiger partial charge in [-0.3, -0.25) is 4.31 Å².